The molecule has 0 fully saturated rings. The average molecular weight is 304 g/mol. The molecular weight excluding hydrogens is 288 g/mol. The standard InChI is InChI=1S/C24H16/c1-3-9-21-17(6-1)8-5-11-23(21)20-15-14-19-13-12-18-7-2-4-10-22(18)24(19)16-20/h1-16H. The first-order valence-corrected chi connectivity index (χ1v) is 8.30. The molecule has 0 spiro atoms. The van der Waals surface area contributed by atoms with Gasteiger partial charge < -0.3 is 0 Å². The summed E-state index contributed by atoms with van der Waals surface area (Å²) in [5.74, 6) is 0. The highest BCUT2D eigenvalue weighted by Gasteiger charge is 2.06. The van der Waals surface area contributed by atoms with Crippen LogP contribution in [0.3, 0.4) is 0 Å². The highest BCUT2D eigenvalue weighted by Crippen LogP contribution is 2.33. The van der Waals surface area contributed by atoms with Gasteiger partial charge in [0.25, 0.3) is 0 Å². The van der Waals surface area contributed by atoms with E-state index >= 15 is 0 Å². The second-order valence-corrected chi connectivity index (χ2v) is 6.25. The summed E-state index contributed by atoms with van der Waals surface area (Å²) in [4.78, 5) is 0. The smallest absolute Gasteiger partial charge is 0.00992 e. The van der Waals surface area contributed by atoms with Crippen LogP contribution >= 0.6 is 0 Å². The van der Waals surface area contributed by atoms with E-state index in [1.165, 1.54) is 43.4 Å². The zero-order valence-corrected chi connectivity index (χ0v) is 13.2. The van der Waals surface area contributed by atoms with Crippen LogP contribution in [0.4, 0.5) is 0 Å². The molecule has 0 aliphatic rings. The van der Waals surface area contributed by atoms with Crippen molar-refractivity contribution in [1.82, 2.24) is 0 Å². The summed E-state index contributed by atoms with van der Waals surface area (Å²) in [5.41, 5.74) is 2.57. The molecule has 0 N–H and O–H groups in total. The highest BCUT2D eigenvalue weighted by atomic mass is 14.1. The van der Waals surface area contributed by atoms with Crippen LogP contribution in [-0.4, -0.2) is 0 Å². The number of rotatable bonds is 1. The molecule has 0 aromatic heterocycles. The van der Waals surface area contributed by atoms with Gasteiger partial charge in [-0.3, -0.25) is 0 Å². The van der Waals surface area contributed by atoms with Gasteiger partial charge in [0, 0.05) is 0 Å². The summed E-state index contributed by atoms with van der Waals surface area (Å²) in [6.45, 7) is 0. The van der Waals surface area contributed by atoms with Crippen LogP contribution in [0.5, 0.6) is 0 Å². The van der Waals surface area contributed by atoms with Crippen molar-refractivity contribution in [2.75, 3.05) is 0 Å². The van der Waals surface area contributed by atoms with Crippen molar-refractivity contribution in [3.8, 4) is 11.1 Å². The molecule has 0 saturated heterocycles. The van der Waals surface area contributed by atoms with Crippen LogP contribution < -0.4 is 0 Å². The van der Waals surface area contributed by atoms with E-state index in [0.29, 0.717) is 0 Å². The topological polar surface area (TPSA) is 0 Å². The monoisotopic (exact) mass is 304 g/mol. The maximum absolute atomic E-state index is 2.33. The average Bonchev–Trinajstić information content (AvgIpc) is 2.67. The molecular formula is C24H16. The second kappa shape index (κ2) is 5.21. The summed E-state index contributed by atoms with van der Waals surface area (Å²) in [6.07, 6.45) is 0. The number of hydrogen-bond donors (Lipinski definition) is 0. The lowest BCUT2D eigenvalue weighted by molar-refractivity contribution is 1.69. The van der Waals surface area contributed by atoms with Gasteiger partial charge >= 0.3 is 0 Å². The van der Waals surface area contributed by atoms with Gasteiger partial charge in [0.2, 0.25) is 0 Å². The number of benzene rings is 5. The first-order chi connectivity index (χ1) is 11.9. The molecule has 0 amide bonds. The third kappa shape index (κ3) is 2.00. The molecule has 5 aromatic rings. The molecule has 0 aliphatic carbocycles. The Balaban J connectivity index is 1.85. The van der Waals surface area contributed by atoms with E-state index in [2.05, 4.69) is 97.1 Å². The van der Waals surface area contributed by atoms with Gasteiger partial charge in [0.1, 0.15) is 0 Å². The van der Waals surface area contributed by atoms with Crippen LogP contribution in [0.25, 0.3) is 43.4 Å². The van der Waals surface area contributed by atoms with Crippen molar-refractivity contribution in [3.05, 3.63) is 97.1 Å². The van der Waals surface area contributed by atoms with Crippen molar-refractivity contribution in [2.24, 2.45) is 0 Å². The van der Waals surface area contributed by atoms with Crippen LogP contribution in [-0.2, 0) is 0 Å². The molecule has 0 heteroatoms. The molecule has 5 aromatic carbocycles. The molecule has 0 nitrogen and oxygen atoms in total. The van der Waals surface area contributed by atoms with E-state index in [9.17, 15) is 0 Å². The number of fused-ring (bicyclic) bond motifs is 4. The maximum atomic E-state index is 2.33. The minimum absolute atomic E-state index is 1.27. The fraction of sp³-hybridized carbons (Fsp3) is 0. The highest BCUT2D eigenvalue weighted by molar-refractivity contribution is 6.09. The van der Waals surface area contributed by atoms with Crippen molar-refractivity contribution < 1.29 is 0 Å². The lowest BCUT2D eigenvalue weighted by Crippen LogP contribution is -1.83. The Labute approximate surface area is 141 Å². The fourth-order valence-corrected chi connectivity index (χ4v) is 3.65. The van der Waals surface area contributed by atoms with E-state index < -0.39 is 0 Å². The zero-order chi connectivity index (χ0) is 15.9. The number of hydrogen-bond acceptors (Lipinski definition) is 0. The van der Waals surface area contributed by atoms with E-state index in [1.54, 1.807) is 0 Å². The minimum atomic E-state index is 1.27. The summed E-state index contributed by atoms with van der Waals surface area (Å²) in [5, 5.41) is 7.81. The predicted octanol–water partition coefficient (Wildman–Crippen LogP) is 6.81. The van der Waals surface area contributed by atoms with E-state index in [0.717, 1.165) is 0 Å². The predicted molar refractivity (Wildman–Crippen MR) is 104 cm³/mol. The van der Waals surface area contributed by atoms with Crippen molar-refractivity contribution in [3.63, 3.8) is 0 Å². The lowest BCUT2D eigenvalue weighted by Gasteiger charge is -2.10. The Bertz CT molecular complexity index is 1190. The van der Waals surface area contributed by atoms with Crippen LogP contribution in [0.2, 0.25) is 0 Å². The first-order valence-electron chi connectivity index (χ1n) is 8.30. The van der Waals surface area contributed by atoms with Gasteiger partial charge in [-0.1, -0.05) is 91.0 Å². The summed E-state index contributed by atoms with van der Waals surface area (Å²) in [6, 6.07) is 35.0. The Morgan fingerprint density at radius 2 is 0.958 bits per heavy atom. The van der Waals surface area contributed by atoms with Crippen molar-refractivity contribution >= 4 is 32.3 Å². The first kappa shape index (κ1) is 13.3. The summed E-state index contributed by atoms with van der Waals surface area (Å²) >= 11 is 0. The Morgan fingerprint density at radius 1 is 0.375 bits per heavy atom. The van der Waals surface area contributed by atoms with Crippen LogP contribution in [0.1, 0.15) is 0 Å². The Morgan fingerprint density at radius 3 is 1.79 bits per heavy atom. The minimum Gasteiger partial charge on any atom is -0.0616 e. The second-order valence-electron chi connectivity index (χ2n) is 6.25. The van der Waals surface area contributed by atoms with Crippen LogP contribution in [0.15, 0.2) is 97.1 Å². The maximum Gasteiger partial charge on any atom is -0.00992 e. The van der Waals surface area contributed by atoms with E-state index in [4.69, 9.17) is 0 Å². The van der Waals surface area contributed by atoms with E-state index in [-0.39, 0.29) is 0 Å². The molecule has 112 valence electrons. The Kier molecular flexibility index (Phi) is 2.89. The van der Waals surface area contributed by atoms with Crippen molar-refractivity contribution in [2.45, 2.75) is 0 Å². The summed E-state index contributed by atoms with van der Waals surface area (Å²) < 4.78 is 0. The fourth-order valence-electron chi connectivity index (χ4n) is 3.65. The zero-order valence-electron chi connectivity index (χ0n) is 13.2. The molecule has 0 aliphatic heterocycles. The van der Waals surface area contributed by atoms with E-state index in [1.807, 2.05) is 0 Å². The summed E-state index contributed by atoms with van der Waals surface area (Å²) in [7, 11) is 0. The molecule has 0 atom stereocenters. The largest absolute Gasteiger partial charge is 0.0616 e. The molecule has 24 heavy (non-hydrogen) atoms. The molecule has 0 radical (unpaired) electrons. The molecule has 0 saturated carbocycles. The third-order valence-electron chi connectivity index (χ3n) is 4.85. The Hall–Kier alpha value is -3.12. The molecule has 5 rings (SSSR count). The molecule has 0 bridgehead atoms. The lowest BCUT2D eigenvalue weighted by atomic mass is 9.94. The quantitative estimate of drug-likeness (QED) is 0.298. The third-order valence-corrected chi connectivity index (χ3v) is 4.85. The van der Waals surface area contributed by atoms with Crippen molar-refractivity contribution in [1.29, 1.82) is 0 Å². The van der Waals surface area contributed by atoms with Gasteiger partial charge in [0.15, 0.2) is 0 Å². The van der Waals surface area contributed by atoms with Crippen LogP contribution in [0, 0.1) is 0 Å². The van der Waals surface area contributed by atoms with Gasteiger partial charge in [0.05, 0.1) is 0 Å². The SMILES string of the molecule is c1ccc2c(-c3ccc4ccc5ccccc5c4c3)cccc2c1. The van der Waals surface area contributed by atoms with Gasteiger partial charge in [-0.05, 0) is 49.5 Å². The van der Waals surface area contributed by atoms with Gasteiger partial charge in [-0.2, -0.15) is 0 Å². The van der Waals surface area contributed by atoms with Gasteiger partial charge in [-0.15, -0.1) is 0 Å². The molecule has 0 heterocycles. The molecule has 0 unspecified atom stereocenters. The van der Waals surface area contributed by atoms with Gasteiger partial charge in [-0.25, -0.2) is 0 Å². The normalized spacial score (nSPS) is 11.3.